The van der Waals surface area contributed by atoms with E-state index in [0.29, 0.717) is 19.6 Å². The van der Waals surface area contributed by atoms with Gasteiger partial charge in [-0.2, -0.15) is 0 Å². The van der Waals surface area contributed by atoms with Crippen LogP contribution in [0, 0.1) is 12.8 Å². The Morgan fingerprint density at radius 1 is 1.10 bits per heavy atom. The summed E-state index contributed by atoms with van der Waals surface area (Å²) in [5, 5.41) is 0. The van der Waals surface area contributed by atoms with Crippen molar-refractivity contribution in [1.29, 1.82) is 0 Å². The van der Waals surface area contributed by atoms with Crippen molar-refractivity contribution >= 4 is 11.8 Å². The van der Waals surface area contributed by atoms with Gasteiger partial charge in [0, 0.05) is 37.7 Å². The summed E-state index contributed by atoms with van der Waals surface area (Å²) in [6.07, 6.45) is 2.12. The Hall–Kier alpha value is -3.02. The van der Waals surface area contributed by atoms with Crippen molar-refractivity contribution in [3.63, 3.8) is 0 Å². The Morgan fingerprint density at radius 2 is 1.87 bits per heavy atom. The molecule has 2 aromatic carbocycles. The van der Waals surface area contributed by atoms with Crippen molar-refractivity contribution in [3.8, 4) is 11.5 Å². The second kappa shape index (κ2) is 9.00. The molecular formula is C25H30N2O4. The number of benzene rings is 2. The van der Waals surface area contributed by atoms with Crippen LogP contribution in [0.5, 0.6) is 11.5 Å². The molecule has 0 bridgehead atoms. The first-order valence-corrected chi connectivity index (χ1v) is 10.9. The molecule has 0 spiro atoms. The summed E-state index contributed by atoms with van der Waals surface area (Å²) in [7, 11) is 3.26. The van der Waals surface area contributed by atoms with E-state index in [-0.39, 0.29) is 30.2 Å². The fourth-order valence-corrected chi connectivity index (χ4v) is 4.69. The second-order valence-corrected chi connectivity index (χ2v) is 8.46. The number of hydrogen-bond acceptors (Lipinski definition) is 4. The number of carbonyl (C=O) groups excluding carboxylic acids is 2. The summed E-state index contributed by atoms with van der Waals surface area (Å²) in [6.45, 7) is 3.79. The molecule has 2 heterocycles. The Balaban J connectivity index is 1.47. The molecule has 31 heavy (non-hydrogen) atoms. The first kappa shape index (κ1) is 21.2. The van der Waals surface area contributed by atoms with Gasteiger partial charge in [-0.1, -0.05) is 29.8 Å². The average molecular weight is 423 g/mol. The lowest BCUT2D eigenvalue weighted by atomic mass is 10.0. The molecule has 2 aliphatic rings. The second-order valence-electron chi connectivity index (χ2n) is 8.46. The van der Waals surface area contributed by atoms with E-state index in [4.69, 9.17) is 9.47 Å². The molecule has 2 atom stereocenters. The van der Waals surface area contributed by atoms with Crippen molar-refractivity contribution < 1.29 is 19.1 Å². The van der Waals surface area contributed by atoms with Gasteiger partial charge < -0.3 is 19.3 Å². The highest BCUT2D eigenvalue weighted by atomic mass is 16.5. The lowest BCUT2D eigenvalue weighted by molar-refractivity contribution is -0.136. The molecule has 2 saturated heterocycles. The van der Waals surface area contributed by atoms with Gasteiger partial charge in [-0.15, -0.1) is 0 Å². The van der Waals surface area contributed by atoms with E-state index in [2.05, 4.69) is 12.1 Å². The number of nitrogens with zero attached hydrogens (tertiary/aromatic N) is 2. The van der Waals surface area contributed by atoms with Crippen LogP contribution in [0.4, 0.5) is 0 Å². The minimum atomic E-state index is -0.289. The molecule has 2 aromatic rings. The fourth-order valence-electron chi connectivity index (χ4n) is 4.69. The van der Waals surface area contributed by atoms with Crippen LogP contribution in [0.3, 0.4) is 0 Å². The Bertz CT molecular complexity index is 956. The van der Waals surface area contributed by atoms with E-state index in [1.165, 1.54) is 5.56 Å². The van der Waals surface area contributed by atoms with Crippen LogP contribution in [-0.4, -0.2) is 48.9 Å². The van der Waals surface area contributed by atoms with E-state index in [1.54, 1.807) is 14.2 Å². The Labute approximate surface area is 183 Å². The normalized spacial score (nSPS) is 20.9. The van der Waals surface area contributed by atoms with Crippen molar-refractivity contribution in [2.75, 3.05) is 27.3 Å². The fraction of sp³-hybridized carbons (Fsp3) is 0.440. The van der Waals surface area contributed by atoms with E-state index in [9.17, 15) is 9.59 Å². The molecule has 4 rings (SSSR count). The maximum absolute atomic E-state index is 13.4. The number of hydrogen-bond donors (Lipinski definition) is 0. The highest BCUT2D eigenvalue weighted by molar-refractivity contribution is 5.89. The summed E-state index contributed by atoms with van der Waals surface area (Å²) in [6, 6.07) is 13.9. The van der Waals surface area contributed by atoms with Crippen LogP contribution in [0.15, 0.2) is 42.5 Å². The summed E-state index contributed by atoms with van der Waals surface area (Å²) in [4.78, 5) is 29.8. The zero-order valence-corrected chi connectivity index (χ0v) is 18.5. The monoisotopic (exact) mass is 422 g/mol. The first-order valence-electron chi connectivity index (χ1n) is 10.9. The zero-order valence-electron chi connectivity index (χ0n) is 18.5. The summed E-state index contributed by atoms with van der Waals surface area (Å²) < 4.78 is 10.9. The van der Waals surface area contributed by atoms with E-state index < -0.39 is 0 Å². The topological polar surface area (TPSA) is 59.1 Å². The zero-order chi connectivity index (χ0) is 22.0. The van der Waals surface area contributed by atoms with Gasteiger partial charge in [0.05, 0.1) is 26.2 Å². The smallest absolute Gasteiger partial charge is 0.228 e. The van der Waals surface area contributed by atoms with Gasteiger partial charge in [0.1, 0.15) is 11.5 Å². The molecule has 2 amide bonds. The molecule has 2 aliphatic heterocycles. The molecule has 2 fully saturated rings. The molecule has 6 heteroatoms. The highest BCUT2D eigenvalue weighted by Gasteiger charge is 2.40. The van der Waals surface area contributed by atoms with Crippen LogP contribution < -0.4 is 9.47 Å². The van der Waals surface area contributed by atoms with Gasteiger partial charge in [0.2, 0.25) is 11.8 Å². The van der Waals surface area contributed by atoms with Gasteiger partial charge in [-0.05, 0) is 37.5 Å². The summed E-state index contributed by atoms with van der Waals surface area (Å²) in [5.74, 6) is 1.29. The molecule has 0 aromatic heterocycles. The van der Waals surface area contributed by atoms with Gasteiger partial charge in [-0.25, -0.2) is 0 Å². The molecule has 0 saturated carbocycles. The highest BCUT2D eigenvalue weighted by Crippen LogP contribution is 2.40. The predicted molar refractivity (Wildman–Crippen MR) is 118 cm³/mol. The van der Waals surface area contributed by atoms with E-state index in [0.717, 1.165) is 35.5 Å². The third-order valence-electron chi connectivity index (χ3n) is 6.39. The molecule has 0 aliphatic carbocycles. The van der Waals surface area contributed by atoms with Crippen LogP contribution in [0.1, 0.15) is 42.0 Å². The first-order chi connectivity index (χ1) is 15.0. The van der Waals surface area contributed by atoms with E-state index >= 15 is 0 Å². The lowest BCUT2D eigenvalue weighted by Gasteiger charge is -2.28. The Morgan fingerprint density at radius 3 is 2.58 bits per heavy atom. The molecular weight excluding hydrogens is 392 g/mol. The molecule has 0 radical (unpaired) electrons. The molecule has 0 unspecified atom stereocenters. The number of methoxy groups -OCH3 is 2. The third kappa shape index (κ3) is 4.38. The minimum absolute atomic E-state index is 0.0328. The average Bonchev–Trinajstić information content (AvgIpc) is 3.41. The van der Waals surface area contributed by atoms with E-state index in [1.807, 2.05) is 47.1 Å². The van der Waals surface area contributed by atoms with Gasteiger partial charge in [0.15, 0.2) is 0 Å². The number of rotatable bonds is 6. The number of likely N-dealkylation sites (tertiary alicyclic amines) is 2. The third-order valence-corrected chi connectivity index (χ3v) is 6.39. The van der Waals surface area contributed by atoms with Crippen molar-refractivity contribution in [3.05, 3.63) is 59.2 Å². The summed E-state index contributed by atoms with van der Waals surface area (Å²) >= 11 is 0. The van der Waals surface area contributed by atoms with Crippen LogP contribution in [0.25, 0.3) is 0 Å². The Kier molecular flexibility index (Phi) is 6.16. The van der Waals surface area contributed by atoms with Gasteiger partial charge >= 0.3 is 0 Å². The standard InChI is InChI=1S/C25H30N2O4/c1-17-6-8-18(9-7-17)15-26-16-19(13-24(26)28)25(29)27-12-4-5-22(27)21-11-10-20(30-2)14-23(21)31-3/h6-11,14,19,22H,4-5,12-13,15-16H2,1-3H3/t19-,22-/m0/s1. The lowest BCUT2D eigenvalue weighted by Crippen LogP contribution is -2.37. The van der Waals surface area contributed by atoms with Crippen molar-refractivity contribution in [1.82, 2.24) is 9.80 Å². The van der Waals surface area contributed by atoms with Crippen molar-refractivity contribution in [2.45, 2.75) is 38.8 Å². The molecule has 0 N–H and O–H groups in total. The number of amides is 2. The number of carbonyl (C=O) groups is 2. The number of aryl methyl sites for hydroxylation is 1. The molecule has 164 valence electrons. The minimum Gasteiger partial charge on any atom is -0.497 e. The van der Waals surface area contributed by atoms with Gasteiger partial charge in [-0.3, -0.25) is 9.59 Å². The van der Waals surface area contributed by atoms with Crippen molar-refractivity contribution in [2.24, 2.45) is 5.92 Å². The van der Waals surface area contributed by atoms with Crippen LogP contribution >= 0.6 is 0 Å². The largest absolute Gasteiger partial charge is 0.497 e. The van der Waals surface area contributed by atoms with Crippen LogP contribution in [0.2, 0.25) is 0 Å². The number of ether oxygens (including phenoxy) is 2. The predicted octanol–water partition coefficient (Wildman–Crippen LogP) is 3.72. The maximum atomic E-state index is 13.4. The SMILES string of the molecule is COc1ccc([C@@H]2CCCN2C(=O)[C@H]2CC(=O)N(Cc3ccc(C)cc3)C2)c(OC)c1. The maximum Gasteiger partial charge on any atom is 0.228 e. The van der Waals surface area contributed by atoms with Crippen LogP contribution in [-0.2, 0) is 16.1 Å². The summed E-state index contributed by atoms with van der Waals surface area (Å²) in [5.41, 5.74) is 3.28. The molecule has 6 nitrogen and oxygen atoms in total. The quantitative estimate of drug-likeness (QED) is 0.712. The van der Waals surface area contributed by atoms with Gasteiger partial charge in [0.25, 0.3) is 0 Å².